The van der Waals surface area contributed by atoms with E-state index in [2.05, 4.69) is 18.8 Å². The summed E-state index contributed by atoms with van der Waals surface area (Å²) >= 11 is 0. The van der Waals surface area contributed by atoms with E-state index >= 15 is 0 Å². The predicted molar refractivity (Wildman–Crippen MR) is 118 cm³/mol. The Morgan fingerprint density at radius 3 is 1.12 bits per heavy atom. The number of nitrogens with zero attached hydrogens (tertiary/aromatic N) is 1. The number of hydrogen-bond acceptors (Lipinski definition) is 1. The highest BCUT2D eigenvalue weighted by Gasteiger charge is 1.93. The fraction of sp³-hybridized carbons (Fsp3) is 0.792. The molecule has 0 aliphatic carbocycles. The van der Waals surface area contributed by atoms with Gasteiger partial charge >= 0.3 is 0 Å². The molecular weight excluding hydrogens is 318 g/mol. The fourth-order valence-electron chi connectivity index (χ4n) is 3.07. The quantitative estimate of drug-likeness (QED) is 0.292. The molecule has 1 aromatic heterocycles. The second kappa shape index (κ2) is 24.1. The van der Waals surface area contributed by atoms with E-state index in [9.17, 15) is 0 Å². The Balaban J connectivity index is 0. The van der Waals surface area contributed by atoms with E-state index in [1.165, 1.54) is 103 Å². The third kappa shape index (κ3) is 23.1. The van der Waals surface area contributed by atoms with Crippen molar-refractivity contribution in [2.75, 3.05) is 0 Å². The van der Waals surface area contributed by atoms with Crippen LogP contribution in [0.1, 0.15) is 122 Å². The van der Waals surface area contributed by atoms with Gasteiger partial charge in [-0.2, -0.15) is 0 Å². The van der Waals surface area contributed by atoms with Crippen LogP contribution in [0.2, 0.25) is 0 Å². The summed E-state index contributed by atoms with van der Waals surface area (Å²) in [6.45, 7) is 6.56. The second-order valence-electron chi connectivity index (χ2n) is 7.42. The molecule has 0 unspecified atom stereocenters. The summed E-state index contributed by atoms with van der Waals surface area (Å²) in [7, 11) is 0. The molecule has 0 aromatic carbocycles. The first-order chi connectivity index (χ1) is 12.3. The topological polar surface area (TPSA) is 44.4 Å². The van der Waals surface area contributed by atoms with Gasteiger partial charge in [-0.15, -0.1) is 0 Å². The number of pyridine rings is 1. The summed E-state index contributed by atoms with van der Waals surface area (Å²) in [6, 6.07) is 5.86. The zero-order valence-electron chi connectivity index (χ0n) is 18.1. The van der Waals surface area contributed by atoms with Gasteiger partial charge in [-0.05, 0) is 19.1 Å². The number of unbranched alkanes of at least 4 members (excludes halogenated alkanes) is 15. The van der Waals surface area contributed by atoms with E-state index in [0.29, 0.717) is 0 Å². The molecule has 1 rings (SSSR count). The lowest BCUT2D eigenvalue weighted by Gasteiger charge is -2.03. The minimum Gasteiger partial charge on any atom is -0.412 e. The zero-order chi connectivity index (χ0) is 18.4. The average Bonchev–Trinajstić information content (AvgIpc) is 2.63. The van der Waals surface area contributed by atoms with Crippen LogP contribution in [0.3, 0.4) is 0 Å². The fourth-order valence-corrected chi connectivity index (χ4v) is 3.07. The molecule has 0 bridgehead atoms. The minimum absolute atomic E-state index is 0. The molecule has 0 spiro atoms. The van der Waals surface area contributed by atoms with Gasteiger partial charge in [0.25, 0.3) is 0 Å². The van der Waals surface area contributed by atoms with Crippen molar-refractivity contribution in [3.8, 4) is 0 Å². The summed E-state index contributed by atoms with van der Waals surface area (Å²) < 4.78 is 0. The van der Waals surface area contributed by atoms with Gasteiger partial charge in [0, 0.05) is 11.9 Å². The SMILES string of the molecule is CCCCCCCCCCCCCCCCCC.Cc1ccccn1.O. The molecule has 2 heteroatoms. The zero-order valence-corrected chi connectivity index (χ0v) is 18.1. The van der Waals surface area contributed by atoms with Crippen LogP contribution in [0.25, 0.3) is 0 Å². The third-order valence-electron chi connectivity index (χ3n) is 4.77. The summed E-state index contributed by atoms with van der Waals surface area (Å²) in [5, 5.41) is 0. The van der Waals surface area contributed by atoms with Crippen molar-refractivity contribution in [2.24, 2.45) is 0 Å². The highest BCUT2D eigenvalue weighted by atomic mass is 16.0. The molecule has 26 heavy (non-hydrogen) atoms. The van der Waals surface area contributed by atoms with E-state index in [1.54, 1.807) is 6.20 Å². The molecule has 0 amide bonds. The van der Waals surface area contributed by atoms with Crippen molar-refractivity contribution in [3.05, 3.63) is 30.1 Å². The van der Waals surface area contributed by atoms with E-state index in [1.807, 2.05) is 25.1 Å². The van der Waals surface area contributed by atoms with Crippen LogP contribution in [0, 0.1) is 6.92 Å². The molecule has 0 saturated carbocycles. The summed E-state index contributed by atoms with van der Waals surface area (Å²) in [6.07, 6.45) is 25.2. The van der Waals surface area contributed by atoms with Crippen molar-refractivity contribution < 1.29 is 5.48 Å². The number of aromatic nitrogens is 1. The first-order valence-electron chi connectivity index (χ1n) is 11.2. The van der Waals surface area contributed by atoms with Crippen molar-refractivity contribution in [1.29, 1.82) is 0 Å². The molecule has 154 valence electrons. The summed E-state index contributed by atoms with van der Waals surface area (Å²) in [5.74, 6) is 0. The second-order valence-corrected chi connectivity index (χ2v) is 7.42. The lowest BCUT2D eigenvalue weighted by Crippen LogP contribution is -1.83. The largest absolute Gasteiger partial charge is 0.412 e. The molecule has 0 atom stereocenters. The Labute approximate surface area is 164 Å². The Morgan fingerprint density at radius 1 is 0.577 bits per heavy atom. The normalized spacial score (nSPS) is 9.96. The summed E-state index contributed by atoms with van der Waals surface area (Å²) in [5.41, 5.74) is 1.07. The van der Waals surface area contributed by atoms with Crippen LogP contribution >= 0.6 is 0 Å². The van der Waals surface area contributed by atoms with Crippen LogP contribution in [0.5, 0.6) is 0 Å². The Morgan fingerprint density at radius 2 is 0.923 bits per heavy atom. The van der Waals surface area contributed by atoms with Gasteiger partial charge < -0.3 is 5.48 Å². The van der Waals surface area contributed by atoms with Gasteiger partial charge in [-0.25, -0.2) is 0 Å². The molecular formula is C24H47NO. The maximum atomic E-state index is 3.98. The molecule has 1 heterocycles. The molecule has 0 aliphatic rings. The Hall–Kier alpha value is -0.890. The van der Waals surface area contributed by atoms with Gasteiger partial charge in [0.1, 0.15) is 0 Å². The van der Waals surface area contributed by atoms with Crippen molar-refractivity contribution >= 4 is 0 Å². The first-order valence-corrected chi connectivity index (χ1v) is 11.2. The van der Waals surface area contributed by atoms with Gasteiger partial charge in [0.05, 0.1) is 0 Å². The number of hydrogen-bond donors (Lipinski definition) is 0. The molecule has 2 N–H and O–H groups in total. The maximum absolute atomic E-state index is 3.98. The predicted octanol–water partition coefficient (Wildman–Crippen LogP) is 7.83. The number of aryl methyl sites for hydroxylation is 1. The van der Waals surface area contributed by atoms with Crippen LogP contribution < -0.4 is 0 Å². The minimum atomic E-state index is 0. The average molecular weight is 366 g/mol. The lowest BCUT2D eigenvalue weighted by molar-refractivity contribution is 0.531. The first kappa shape index (κ1) is 27.3. The van der Waals surface area contributed by atoms with Crippen molar-refractivity contribution in [1.82, 2.24) is 4.98 Å². The number of rotatable bonds is 15. The van der Waals surface area contributed by atoms with Gasteiger partial charge in [0.15, 0.2) is 0 Å². The van der Waals surface area contributed by atoms with Crippen LogP contribution in [0.15, 0.2) is 24.4 Å². The van der Waals surface area contributed by atoms with Gasteiger partial charge in [-0.3, -0.25) is 4.98 Å². The van der Waals surface area contributed by atoms with Crippen molar-refractivity contribution in [3.63, 3.8) is 0 Å². The standard InChI is InChI=1S/C18H38.C6H7N.H2O/c1-3-5-7-9-11-13-15-17-18-16-14-12-10-8-6-4-2;1-6-4-2-3-5-7-6;/h3-18H2,1-2H3;2-5H,1H3;1H2. The lowest BCUT2D eigenvalue weighted by atomic mass is 10.0. The van der Waals surface area contributed by atoms with E-state index in [0.717, 1.165) is 5.69 Å². The molecule has 1 aromatic rings. The van der Waals surface area contributed by atoms with Crippen LogP contribution in [0.4, 0.5) is 0 Å². The summed E-state index contributed by atoms with van der Waals surface area (Å²) in [4.78, 5) is 3.98. The van der Waals surface area contributed by atoms with Crippen LogP contribution in [-0.4, -0.2) is 10.5 Å². The highest BCUT2D eigenvalue weighted by molar-refractivity contribution is 4.99. The third-order valence-corrected chi connectivity index (χ3v) is 4.77. The van der Waals surface area contributed by atoms with Gasteiger partial charge in [-0.1, -0.05) is 123 Å². The monoisotopic (exact) mass is 365 g/mol. The van der Waals surface area contributed by atoms with E-state index < -0.39 is 0 Å². The highest BCUT2D eigenvalue weighted by Crippen LogP contribution is 2.13. The molecule has 0 aliphatic heterocycles. The van der Waals surface area contributed by atoms with Gasteiger partial charge in [0.2, 0.25) is 0 Å². The Kier molecular flexibility index (Phi) is 25.3. The maximum Gasteiger partial charge on any atom is 0.0372 e. The smallest absolute Gasteiger partial charge is 0.0372 e. The van der Waals surface area contributed by atoms with E-state index in [4.69, 9.17) is 0 Å². The molecule has 0 saturated heterocycles. The van der Waals surface area contributed by atoms with Crippen LogP contribution in [-0.2, 0) is 0 Å². The Bertz CT molecular complexity index is 323. The molecule has 0 radical (unpaired) electrons. The van der Waals surface area contributed by atoms with Crippen molar-refractivity contribution in [2.45, 2.75) is 124 Å². The van der Waals surface area contributed by atoms with E-state index in [-0.39, 0.29) is 5.48 Å². The molecule has 2 nitrogen and oxygen atoms in total. The molecule has 0 fully saturated rings.